The summed E-state index contributed by atoms with van der Waals surface area (Å²) in [6.07, 6.45) is 8.58. The molecule has 2 aliphatic rings. The van der Waals surface area contributed by atoms with E-state index in [0.717, 1.165) is 5.33 Å². The lowest BCUT2D eigenvalue weighted by molar-refractivity contribution is 0.0731. The van der Waals surface area contributed by atoms with Gasteiger partial charge in [0.05, 0.1) is 6.10 Å². The molecule has 13 heavy (non-hydrogen) atoms. The van der Waals surface area contributed by atoms with Gasteiger partial charge in [0.2, 0.25) is 0 Å². The molecule has 0 radical (unpaired) electrons. The summed E-state index contributed by atoms with van der Waals surface area (Å²) < 4.78 is 5.87. The summed E-state index contributed by atoms with van der Waals surface area (Å²) in [5, 5.41) is 1.29. The van der Waals surface area contributed by atoms with Gasteiger partial charge in [0, 0.05) is 10.7 Å². The molecule has 76 valence electrons. The van der Waals surface area contributed by atoms with Crippen molar-refractivity contribution in [2.75, 3.05) is 5.33 Å². The SMILES string of the molecule is BrCC1CC2(CCCCC2)C(Br)O1. The number of alkyl halides is 2. The van der Waals surface area contributed by atoms with E-state index in [0.29, 0.717) is 16.5 Å². The molecule has 1 saturated heterocycles. The van der Waals surface area contributed by atoms with Gasteiger partial charge in [-0.2, -0.15) is 0 Å². The molecule has 1 aliphatic carbocycles. The number of hydrogen-bond acceptors (Lipinski definition) is 1. The van der Waals surface area contributed by atoms with E-state index >= 15 is 0 Å². The largest absolute Gasteiger partial charge is 0.362 e. The summed E-state index contributed by atoms with van der Waals surface area (Å²) in [7, 11) is 0. The molecule has 0 aromatic carbocycles. The van der Waals surface area contributed by atoms with Crippen LogP contribution in [0.2, 0.25) is 0 Å². The Morgan fingerprint density at radius 2 is 1.92 bits per heavy atom. The van der Waals surface area contributed by atoms with Crippen molar-refractivity contribution in [2.45, 2.75) is 49.6 Å². The summed E-state index contributed by atoms with van der Waals surface area (Å²) in [6.45, 7) is 0. The van der Waals surface area contributed by atoms with Gasteiger partial charge in [0.15, 0.2) is 0 Å². The smallest absolute Gasteiger partial charge is 0.118 e. The zero-order chi connectivity index (χ0) is 9.31. The maximum absolute atomic E-state index is 5.87. The summed E-state index contributed by atoms with van der Waals surface area (Å²) >= 11 is 7.20. The third kappa shape index (κ3) is 1.98. The van der Waals surface area contributed by atoms with Gasteiger partial charge in [-0.1, -0.05) is 51.1 Å². The van der Waals surface area contributed by atoms with Gasteiger partial charge in [-0.05, 0) is 19.3 Å². The molecule has 0 amide bonds. The van der Waals surface area contributed by atoms with Crippen molar-refractivity contribution in [2.24, 2.45) is 5.41 Å². The molecule has 1 aliphatic heterocycles. The summed E-state index contributed by atoms with van der Waals surface area (Å²) in [5.74, 6) is 0. The van der Waals surface area contributed by atoms with Crippen LogP contribution >= 0.6 is 31.9 Å². The fourth-order valence-corrected chi connectivity index (χ4v) is 4.02. The predicted molar refractivity (Wildman–Crippen MR) is 61.5 cm³/mol. The molecule has 2 unspecified atom stereocenters. The lowest BCUT2D eigenvalue weighted by Gasteiger charge is -2.34. The fraction of sp³-hybridized carbons (Fsp3) is 1.00. The maximum Gasteiger partial charge on any atom is 0.118 e. The first kappa shape index (κ1) is 10.4. The zero-order valence-corrected chi connectivity index (χ0v) is 10.9. The van der Waals surface area contributed by atoms with Crippen LogP contribution in [0.3, 0.4) is 0 Å². The van der Waals surface area contributed by atoms with E-state index in [1.807, 2.05) is 0 Å². The highest BCUT2D eigenvalue weighted by Crippen LogP contribution is 2.51. The van der Waals surface area contributed by atoms with Crippen molar-refractivity contribution in [3.63, 3.8) is 0 Å². The van der Waals surface area contributed by atoms with Crippen LogP contribution < -0.4 is 0 Å². The summed E-state index contributed by atoms with van der Waals surface area (Å²) in [4.78, 5) is 0. The Labute approximate surface area is 96.9 Å². The van der Waals surface area contributed by atoms with Gasteiger partial charge in [-0.3, -0.25) is 0 Å². The normalized spacial score (nSPS) is 38.3. The Kier molecular flexibility index (Phi) is 3.37. The molecule has 0 bridgehead atoms. The van der Waals surface area contributed by atoms with Crippen LogP contribution in [-0.2, 0) is 4.74 Å². The van der Waals surface area contributed by atoms with Gasteiger partial charge in [-0.25, -0.2) is 0 Å². The quantitative estimate of drug-likeness (QED) is 0.669. The molecular weight excluding hydrogens is 296 g/mol. The van der Waals surface area contributed by atoms with Crippen molar-refractivity contribution in [3.8, 4) is 0 Å². The summed E-state index contributed by atoms with van der Waals surface area (Å²) in [6, 6.07) is 0. The van der Waals surface area contributed by atoms with E-state index in [2.05, 4.69) is 31.9 Å². The van der Waals surface area contributed by atoms with Gasteiger partial charge in [0.25, 0.3) is 0 Å². The van der Waals surface area contributed by atoms with Gasteiger partial charge in [-0.15, -0.1) is 0 Å². The Hall–Kier alpha value is 0.920. The van der Waals surface area contributed by atoms with E-state index in [4.69, 9.17) is 4.74 Å². The van der Waals surface area contributed by atoms with Crippen LogP contribution in [0.5, 0.6) is 0 Å². The van der Waals surface area contributed by atoms with Crippen LogP contribution in [0.15, 0.2) is 0 Å². The molecule has 0 aromatic rings. The number of halogens is 2. The standard InChI is InChI=1S/C10H16Br2O/c11-7-8-6-10(9(12)13-8)4-2-1-3-5-10/h8-9H,1-7H2. The highest BCUT2D eigenvalue weighted by atomic mass is 79.9. The zero-order valence-electron chi connectivity index (χ0n) is 7.77. The summed E-state index contributed by atoms with van der Waals surface area (Å²) in [5.41, 5.74) is 0.469. The molecule has 1 saturated carbocycles. The molecule has 0 N–H and O–H groups in total. The topological polar surface area (TPSA) is 9.23 Å². The minimum Gasteiger partial charge on any atom is -0.362 e. The van der Waals surface area contributed by atoms with Crippen LogP contribution in [0.1, 0.15) is 38.5 Å². The number of ether oxygens (including phenoxy) is 1. The third-order valence-electron chi connectivity index (χ3n) is 3.45. The molecular formula is C10H16Br2O. The average molecular weight is 312 g/mol. The fourth-order valence-electron chi connectivity index (χ4n) is 2.69. The lowest BCUT2D eigenvalue weighted by Crippen LogP contribution is -2.29. The van der Waals surface area contributed by atoms with Crippen molar-refractivity contribution < 1.29 is 4.74 Å². The minimum absolute atomic E-state index is 0.308. The van der Waals surface area contributed by atoms with Crippen molar-refractivity contribution in [3.05, 3.63) is 0 Å². The Balaban J connectivity index is 2.04. The Morgan fingerprint density at radius 3 is 2.46 bits per heavy atom. The first-order valence-corrected chi connectivity index (χ1v) is 7.16. The van der Waals surface area contributed by atoms with E-state index in [-0.39, 0.29) is 0 Å². The van der Waals surface area contributed by atoms with Crippen molar-refractivity contribution in [1.82, 2.24) is 0 Å². The highest BCUT2D eigenvalue weighted by Gasteiger charge is 2.46. The second-order valence-corrected chi connectivity index (χ2v) is 5.83. The maximum atomic E-state index is 5.87. The first-order chi connectivity index (χ1) is 6.27. The minimum atomic E-state index is 0.308. The van der Waals surface area contributed by atoms with E-state index < -0.39 is 0 Å². The first-order valence-electron chi connectivity index (χ1n) is 5.12. The molecule has 2 rings (SSSR count). The number of hydrogen-bond donors (Lipinski definition) is 0. The third-order valence-corrected chi connectivity index (χ3v) is 5.36. The van der Waals surface area contributed by atoms with Crippen LogP contribution in [0.25, 0.3) is 0 Å². The van der Waals surface area contributed by atoms with Gasteiger partial charge >= 0.3 is 0 Å². The van der Waals surface area contributed by atoms with Gasteiger partial charge in [0.1, 0.15) is 5.01 Å². The van der Waals surface area contributed by atoms with E-state index in [1.165, 1.54) is 38.5 Å². The number of rotatable bonds is 1. The molecule has 0 aromatic heterocycles. The molecule has 1 spiro atoms. The van der Waals surface area contributed by atoms with Crippen LogP contribution in [-0.4, -0.2) is 16.4 Å². The second-order valence-electron chi connectivity index (χ2n) is 4.36. The Bertz CT molecular complexity index is 178. The van der Waals surface area contributed by atoms with Crippen molar-refractivity contribution >= 4 is 31.9 Å². The molecule has 2 atom stereocenters. The molecule has 1 heterocycles. The van der Waals surface area contributed by atoms with Gasteiger partial charge < -0.3 is 4.74 Å². The second kappa shape index (κ2) is 4.19. The average Bonchev–Trinajstić information content (AvgIpc) is 2.45. The lowest BCUT2D eigenvalue weighted by atomic mass is 9.73. The highest BCUT2D eigenvalue weighted by molar-refractivity contribution is 9.09. The van der Waals surface area contributed by atoms with Crippen molar-refractivity contribution in [1.29, 1.82) is 0 Å². The monoisotopic (exact) mass is 310 g/mol. The predicted octanol–water partition coefficient (Wildman–Crippen LogP) is 3.84. The Morgan fingerprint density at radius 1 is 1.23 bits per heavy atom. The molecule has 2 fully saturated rings. The van der Waals surface area contributed by atoms with Crippen LogP contribution in [0.4, 0.5) is 0 Å². The van der Waals surface area contributed by atoms with Crippen LogP contribution in [0, 0.1) is 5.41 Å². The molecule has 3 heteroatoms. The molecule has 1 nitrogen and oxygen atoms in total. The van der Waals surface area contributed by atoms with E-state index in [1.54, 1.807) is 0 Å². The van der Waals surface area contributed by atoms with E-state index in [9.17, 15) is 0 Å².